The Morgan fingerprint density at radius 2 is 2.04 bits per heavy atom. The van der Waals surface area contributed by atoms with Gasteiger partial charge >= 0.3 is 0 Å². The number of nitrogens with one attached hydrogen (secondary N) is 2. The molecule has 3 rings (SSSR count). The summed E-state index contributed by atoms with van der Waals surface area (Å²) in [7, 11) is 0. The molecule has 4 nitrogen and oxygen atoms in total. The van der Waals surface area contributed by atoms with Crippen LogP contribution in [0.15, 0.2) is 18.2 Å². The van der Waals surface area contributed by atoms with Gasteiger partial charge in [-0.15, -0.1) is 0 Å². The Hall–Kier alpha value is -1.55. The molecule has 1 amide bonds. The summed E-state index contributed by atoms with van der Waals surface area (Å²) < 4.78 is 0. The van der Waals surface area contributed by atoms with E-state index < -0.39 is 0 Å². The lowest BCUT2D eigenvalue weighted by atomic mass is 10.1. The van der Waals surface area contributed by atoms with Crippen LogP contribution in [-0.2, 0) is 0 Å². The maximum atomic E-state index is 12.2. The lowest BCUT2D eigenvalue weighted by molar-refractivity contribution is 0.0942. The zero-order valence-corrected chi connectivity index (χ0v) is 14.7. The van der Waals surface area contributed by atoms with E-state index in [0.29, 0.717) is 12.1 Å². The molecular weight excluding hydrogens is 286 g/mol. The molecular formula is C19H29N3O. The van der Waals surface area contributed by atoms with Crippen LogP contribution in [-0.4, -0.2) is 41.5 Å². The van der Waals surface area contributed by atoms with E-state index in [9.17, 15) is 4.79 Å². The quantitative estimate of drug-likeness (QED) is 0.877. The second-order valence-electron chi connectivity index (χ2n) is 7.51. The number of carbonyl (C=O) groups is 1. The average Bonchev–Trinajstić information content (AvgIpc) is 3.22. The maximum Gasteiger partial charge on any atom is 0.251 e. The first-order valence-corrected chi connectivity index (χ1v) is 8.88. The van der Waals surface area contributed by atoms with E-state index in [0.717, 1.165) is 29.4 Å². The molecule has 0 unspecified atom stereocenters. The van der Waals surface area contributed by atoms with Crippen molar-refractivity contribution in [2.75, 3.05) is 11.9 Å². The Morgan fingerprint density at radius 1 is 1.30 bits per heavy atom. The standard InChI is InChI=1S/C19H29N3O/c1-12(2)20-19(23)18-8-5-15(9-13(18)3)21-16-10-14(4)22(11-16)17-6-7-17/h5,8-9,12,14,16-17,21H,6-7,10-11H2,1-4H3,(H,20,23)/t14-,16-/m1/s1. The zero-order chi connectivity index (χ0) is 16.6. The van der Waals surface area contributed by atoms with Crippen LogP contribution >= 0.6 is 0 Å². The predicted molar refractivity (Wildman–Crippen MR) is 95.0 cm³/mol. The van der Waals surface area contributed by atoms with Crippen LogP contribution in [0.2, 0.25) is 0 Å². The summed E-state index contributed by atoms with van der Waals surface area (Å²) in [6, 6.07) is 8.25. The summed E-state index contributed by atoms with van der Waals surface area (Å²) in [6.07, 6.45) is 3.94. The number of hydrogen-bond donors (Lipinski definition) is 2. The van der Waals surface area contributed by atoms with Crippen molar-refractivity contribution in [1.82, 2.24) is 10.2 Å². The normalized spacial score (nSPS) is 24.9. The number of hydrogen-bond acceptors (Lipinski definition) is 3. The van der Waals surface area contributed by atoms with Crippen LogP contribution in [0.4, 0.5) is 5.69 Å². The van der Waals surface area contributed by atoms with Gasteiger partial charge in [-0.2, -0.15) is 0 Å². The molecule has 2 N–H and O–H groups in total. The molecule has 4 heteroatoms. The van der Waals surface area contributed by atoms with Crippen LogP contribution in [0.5, 0.6) is 0 Å². The molecule has 0 aromatic heterocycles. The van der Waals surface area contributed by atoms with Gasteiger partial charge in [0.2, 0.25) is 0 Å². The molecule has 1 aromatic carbocycles. The van der Waals surface area contributed by atoms with Crippen molar-refractivity contribution in [3.05, 3.63) is 29.3 Å². The van der Waals surface area contributed by atoms with Gasteiger partial charge in [0, 0.05) is 42.0 Å². The van der Waals surface area contributed by atoms with Gasteiger partial charge in [-0.3, -0.25) is 9.69 Å². The van der Waals surface area contributed by atoms with Crippen molar-refractivity contribution in [2.45, 2.75) is 71.1 Å². The average molecular weight is 315 g/mol. The number of likely N-dealkylation sites (tertiary alicyclic amines) is 1. The van der Waals surface area contributed by atoms with Gasteiger partial charge in [0.05, 0.1) is 0 Å². The largest absolute Gasteiger partial charge is 0.381 e. The van der Waals surface area contributed by atoms with Gasteiger partial charge in [-0.25, -0.2) is 0 Å². The third-order valence-corrected chi connectivity index (χ3v) is 4.90. The molecule has 1 saturated carbocycles. The van der Waals surface area contributed by atoms with Crippen LogP contribution in [0.25, 0.3) is 0 Å². The van der Waals surface area contributed by atoms with E-state index in [1.54, 1.807) is 0 Å². The summed E-state index contributed by atoms with van der Waals surface area (Å²) >= 11 is 0. The molecule has 1 aromatic rings. The number of benzene rings is 1. The number of aryl methyl sites for hydroxylation is 1. The van der Waals surface area contributed by atoms with E-state index in [1.165, 1.54) is 19.3 Å². The SMILES string of the molecule is Cc1cc(N[C@@H]2C[C@@H](C)N(C3CC3)C2)ccc1C(=O)NC(C)C. The number of nitrogens with zero attached hydrogens (tertiary/aromatic N) is 1. The minimum Gasteiger partial charge on any atom is -0.381 e. The Labute approximate surface area is 139 Å². The highest BCUT2D eigenvalue weighted by atomic mass is 16.1. The summed E-state index contributed by atoms with van der Waals surface area (Å²) in [4.78, 5) is 14.8. The molecule has 2 fully saturated rings. The fourth-order valence-corrected chi connectivity index (χ4v) is 3.66. The molecule has 1 saturated heterocycles. The topological polar surface area (TPSA) is 44.4 Å². The number of rotatable bonds is 5. The highest BCUT2D eigenvalue weighted by Gasteiger charge is 2.38. The van der Waals surface area contributed by atoms with Crippen LogP contribution in [0.1, 0.15) is 56.0 Å². The van der Waals surface area contributed by atoms with Crippen LogP contribution in [0, 0.1) is 6.92 Å². The third-order valence-electron chi connectivity index (χ3n) is 4.90. The minimum absolute atomic E-state index is 0.0125. The number of amides is 1. The molecule has 1 aliphatic heterocycles. The van der Waals surface area contributed by atoms with Crippen molar-refractivity contribution in [2.24, 2.45) is 0 Å². The molecule has 0 bridgehead atoms. The summed E-state index contributed by atoms with van der Waals surface area (Å²) in [6.45, 7) is 9.45. The Bertz CT molecular complexity index is 580. The summed E-state index contributed by atoms with van der Waals surface area (Å²) in [5.41, 5.74) is 2.92. The Balaban J connectivity index is 1.63. The second kappa shape index (κ2) is 6.52. The van der Waals surface area contributed by atoms with Crippen molar-refractivity contribution >= 4 is 11.6 Å². The van der Waals surface area contributed by atoms with E-state index in [4.69, 9.17) is 0 Å². The molecule has 2 atom stereocenters. The van der Waals surface area contributed by atoms with E-state index in [-0.39, 0.29) is 11.9 Å². The van der Waals surface area contributed by atoms with Crippen LogP contribution in [0.3, 0.4) is 0 Å². The van der Waals surface area contributed by atoms with E-state index in [1.807, 2.05) is 32.9 Å². The zero-order valence-electron chi connectivity index (χ0n) is 14.7. The minimum atomic E-state index is 0.0125. The van der Waals surface area contributed by atoms with Gasteiger partial charge in [-0.05, 0) is 70.7 Å². The molecule has 23 heavy (non-hydrogen) atoms. The highest BCUT2D eigenvalue weighted by molar-refractivity contribution is 5.96. The van der Waals surface area contributed by atoms with Gasteiger partial charge < -0.3 is 10.6 Å². The van der Waals surface area contributed by atoms with Crippen molar-refractivity contribution in [3.63, 3.8) is 0 Å². The summed E-state index contributed by atoms with van der Waals surface area (Å²) in [5, 5.41) is 6.62. The van der Waals surface area contributed by atoms with E-state index in [2.05, 4.69) is 28.5 Å². The first-order valence-electron chi connectivity index (χ1n) is 8.88. The Morgan fingerprint density at radius 3 is 2.65 bits per heavy atom. The smallest absolute Gasteiger partial charge is 0.251 e. The monoisotopic (exact) mass is 315 g/mol. The summed E-state index contributed by atoms with van der Waals surface area (Å²) in [5.74, 6) is 0.0125. The molecule has 126 valence electrons. The first kappa shape index (κ1) is 16.3. The van der Waals surface area contributed by atoms with Crippen molar-refractivity contribution in [3.8, 4) is 0 Å². The molecule has 0 radical (unpaired) electrons. The van der Waals surface area contributed by atoms with Crippen LogP contribution < -0.4 is 10.6 Å². The second-order valence-corrected chi connectivity index (χ2v) is 7.51. The molecule has 1 aliphatic carbocycles. The number of carbonyl (C=O) groups excluding carboxylic acids is 1. The molecule has 1 heterocycles. The van der Waals surface area contributed by atoms with E-state index >= 15 is 0 Å². The van der Waals surface area contributed by atoms with Gasteiger partial charge in [-0.1, -0.05) is 0 Å². The van der Waals surface area contributed by atoms with Gasteiger partial charge in [0.15, 0.2) is 0 Å². The lowest BCUT2D eigenvalue weighted by Gasteiger charge is -2.20. The maximum absolute atomic E-state index is 12.2. The third kappa shape index (κ3) is 3.86. The first-order chi connectivity index (χ1) is 10.9. The molecule has 2 aliphatic rings. The van der Waals surface area contributed by atoms with Crippen molar-refractivity contribution in [1.29, 1.82) is 0 Å². The number of anilines is 1. The van der Waals surface area contributed by atoms with Crippen molar-refractivity contribution < 1.29 is 4.79 Å². The molecule has 0 spiro atoms. The predicted octanol–water partition coefficient (Wildman–Crippen LogP) is 3.17. The highest BCUT2D eigenvalue weighted by Crippen LogP contribution is 2.34. The fourth-order valence-electron chi connectivity index (χ4n) is 3.66. The Kier molecular flexibility index (Phi) is 4.62. The van der Waals surface area contributed by atoms with Gasteiger partial charge in [0.1, 0.15) is 0 Å². The lowest BCUT2D eigenvalue weighted by Crippen LogP contribution is -2.31. The van der Waals surface area contributed by atoms with Gasteiger partial charge in [0.25, 0.3) is 5.91 Å². The fraction of sp³-hybridized carbons (Fsp3) is 0.632.